The van der Waals surface area contributed by atoms with E-state index in [0.717, 1.165) is 6.42 Å². The number of sulfonamides is 1. The highest BCUT2D eigenvalue weighted by molar-refractivity contribution is 7.89. The van der Waals surface area contributed by atoms with Crippen molar-refractivity contribution in [3.63, 3.8) is 0 Å². The Hall–Kier alpha value is -0.620. The Morgan fingerprint density at radius 2 is 1.78 bits per heavy atom. The minimum Gasteiger partial charge on any atom is -0.353 e. The number of hydrogen-bond donors (Lipinski definition) is 1. The molecule has 0 aromatic heterocycles. The normalized spacial score (nSPS) is 31.0. The van der Waals surface area contributed by atoms with Gasteiger partial charge in [0.1, 0.15) is 0 Å². The third-order valence-electron chi connectivity index (χ3n) is 5.71. The van der Waals surface area contributed by atoms with Crippen LogP contribution in [-0.4, -0.2) is 43.5 Å². The van der Waals surface area contributed by atoms with Crippen molar-refractivity contribution in [1.82, 2.24) is 9.62 Å². The van der Waals surface area contributed by atoms with Crippen LogP contribution in [0.5, 0.6) is 0 Å². The van der Waals surface area contributed by atoms with Crippen molar-refractivity contribution in [2.24, 2.45) is 17.8 Å². The third-order valence-corrected chi connectivity index (χ3v) is 7.79. The maximum Gasteiger partial charge on any atom is 0.223 e. The van der Waals surface area contributed by atoms with Gasteiger partial charge in [0.2, 0.25) is 15.9 Å². The topological polar surface area (TPSA) is 66.5 Å². The number of carbonyl (C=O) groups is 1. The first-order valence-electron chi connectivity index (χ1n) is 9.13. The number of nitrogens with zero attached hydrogens (tertiary/aromatic N) is 1. The molecular formula is C17H32N2O3S. The molecule has 1 N–H and O–H groups in total. The van der Waals surface area contributed by atoms with Crippen LogP contribution in [0, 0.1) is 17.8 Å². The van der Waals surface area contributed by atoms with E-state index in [2.05, 4.69) is 19.2 Å². The molecule has 3 atom stereocenters. The van der Waals surface area contributed by atoms with E-state index in [1.807, 2.05) is 6.92 Å². The molecule has 0 spiro atoms. The second-order valence-electron chi connectivity index (χ2n) is 7.37. The number of carbonyl (C=O) groups excluding carboxylic acids is 1. The number of amides is 1. The molecule has 1 heterocycles. The zero-order valence-corrected chi connectivity index (χ0v) is 15.6. The third kappa shape index (κ3) is 4.69. The summed E-state index contributed by atoms with van der Waals surface area (Å²) in [5.41, 5.74) is 0. The van der Waals surface area contributed by atoms with E-state index in [1.54, 1.807) is 4.31 Å². The van der Waals surface area contributed by atoms with Crippen LogP contribution < -0.4 is 5.32 Å². The smallest absolute Gasteiger partial charge is 0.223 e. The van der Waals surface area contributed by atoms with Gasteiger partial charge in [-0.25, -0.2) is 12.7 Å². The average molecular weight is 345 g/mol. The quantitative estimate of drug-likeness (QED) is 0.833. The van der Waals surface area contributed by atoms with Crippen LogP contribution in [0.15, 0.2) is 0 Å². The maximum absolute atomic E-state index is 12.5. The van der Waals surface area contributed by atoms with Crippen molar-refractivity contribution >= 4 is 15.9 Å². The van der Waals surface area contributed by atoms with Gasteiger partial charge in [-0.15, -0.1) is 0 Å². The second kappa shape index (κ2) is 7.97. The molecule has 1 amide bonds. The van der Waals surface area contributed by atoms with E-state index in [-0.39, 0.29) is 23.6 Å². The highest BCUT2D eigenvalue weighted by Crippen LogP contribution is 2.30. The summed E-state index contributed by atoms with van der Waals surface area (Å²) in [4.78, 5) is 12.5. The molecule has 2 rings (SSSR count). The molecule has 134 valence electrons. The van der Waals surface area contributed by atoms with E-state index in [1.165, 1.54) is 12.8 Å². The first-order valence-corrected chi connectivity index (χ1v) is 10.7. The minimum atomic E-state index is -3.12. The average Bonchev–Trinajstić information content (AvgIpc) is 2.52. The van der Waals surface area contributed by atoms with Crippen LogP contribution in [0.3, 0.4) is 0 Å². The van der Waals surface area contributed by atoms with E-state index >= 15 is 0 Å². The van der Waals surface area contributed by atoms with E-state index < -0.39 is 10.0 Å². The fourth-order valence-corrected chi connectivity index (χ4v) is 5.41. The Labute approximate surface area is 141 Å². The fraction of sp³-hybridized carbons (Fsp3) is 0.941. The summed E-state index contributed by atoms with van der Waals surface area (Å²) in [6, 6.07) is 0.285. The summed E-state index contributed by atoms with van der Waals surface area (Å²) in [6.45, 7) is 7.34. The molecule has 1 saturated heterocycles. The fourth-order valence-electron chi connectivity index (χ4n) is 3.87. The summed E-state index contributed by atoms with van der Waals surface area (Å²) in [5, 5.41) is 3.24. The second-order valence-corrected chi connectivity index (χ2v) is 9.46. The van der Waals surface area contributed by atoms with Crippen molar-refractivity contribution in [3.8, 4) is 0 Å². The molecule has 0 radical (unpaired) electrons. The zero-order valence-electron chi connectivity index (χ0n) is 14.8. The molecule has 0 unspecified atom stereocenters. The maximum atomic E-state index is 12.5. The number of piperidine rings is 1. The minimum absolute atomic E-state index is 0.0347. The van der Waals surface area contributed by atoms with Gasteiger partial charge in [-0.3, -0.25) is 4.79 Å². The summed E-state index contributed by atoms with van der Waals surface area (Å²) in [6.07, 6.45) is 5.43. The molecular weight excluding hydrogens is 312 g/mol. The molecule has 0 aromatic carbocycles. The van der Waals surface area contributed by atoms with Gasteiger partial charge < -0.3 is 5.32 Å². The van der Waals surface area contributed by atoms with Crippen molar-refractivity contribution in [2.45, 2.75) is 65.3 Å². The van der Waals surface area contributed by atoms with Crippen LogP contribution in [0.1, 0.15) is 59.3 Å². The van der Waals surface area contributed by atoms with E-state index in [4.69, 9.17) is 0 Å². The van der Waals surface area contributed by atoms with Gasteiger partial charge in [0.05, 0.1) is 5.75 Å². The molecule has 2 fully saturated rings. The molecule has 6 heteroatoms. The zero-order chi connectivity index (χ0) is 17.0. The molecule has 23 heavy (non-hydrogen) atoms. The highest BCUT2D eigenvalue weighted by Gasteiger charge is 2.33. The standard InChI is InChI=1S/C17H32N2O3S/c1-4-12-23(21,22)19-10-8-15(9-11-19)17(20)18-16-7-5-6-13(2)14(16)3/h13-16H,4-12H2,1-3H3,(H,18,20)/t13-,14+,16-/m1/s1. The lowest BCUT2D eigenvalue weighted by Crippen LogP contribution is -2.48. The Kier molecular flexibility index (Phi) is 6.48. The Morgan fingerprint density at radius 1 is 1.13 bits per heavy atom. The molecule has 1 saturated carbocycles. The summed E-state index contributed by atoms with van der Waals surface area (Å²) in [7, 11) is -3.12. The van der Waals surface area contributed by atoms with Crippen molar-refractivity contribution in [2.75, 3.05) is 18.8 Å². The molecule has 5 nitrogen and oxygen atoms in total. The highest BCUT2D eigenvalue weighted by atomic mass is 32.2. The number of rotatable bonds is 5. The van der Waals surface area contributed by atoms with E-state index in [0.29, 0.717) is 44.2 Å². The van der Waals surface area contributed by atoms with Gasteiger partial charge in [0.25, 0.3) is 0 Å². The summed E-state index contributed by atoms with van der Waals surface area (Å²) in [5.74, 6) is 1.49. The van der Waals surface area contributed by atoms with Crippen LogP contribution in [0.2, 0.25) is 0 Å². The number of nitrogens with one attached hydrogen (secondary N) is 1. The first-order chi connectivity index (χ1) is 10.8. The van der Waals surface area contributed by atoms with Gasteiger partial charge in [-0.05, 0) is 37.5 Å². The van der Waals surface area contributed by atoms with Crippen molar-refractivity contribution in [1.29, 1.82) is 0 Å². The monoisotopic (exact) mass is 344 g/mol. The predicted octanol–water partition coefficient (Wildman–Crippen LogP) is 2.38. The number of hydrogen-bond acceptors (Lipinski definition) is 3. The molecule has 0 bridgehead atoms. The van der Waals surface area contributed by atoms with Crippen LogP contribution in [-0.2, 0) is 14.8 Å². The first kappa shape index (κ1) is 18.7. The molecule has 0 aromatic rings. The van der Waals surface area contributed by atoms with Gasteiger partial charge in [0.15, 0.2) is 0 Å². The predicted molar refractivity (Wildman–Crippen MR) is 92.5 cm³/mol. The van der Waals surface area contributed by atoms with Crippen LogP contribution >= 0.6 is 0 Å². The van der Waals surface area contributed by atoms with Gasteiger partial charge in [-0.2, -0.15) is 0 Å². The SMILES string of the molecule is CCCS(=O)(=O)N1CCC(C(=O)N[C@@H]2CCC[C@@H](C)[C@@H]2C)CC1. The lowest BCUT2D eigenvalue weighted by molar-refractivity contribution is -0.127. The van der Waals surface area contributed by atoms with E-state index in [9.17, 15) is 13.2 Å². The lowest BCUT2D eigenvalue weighted by atomic mass is 9.78. The van der Waals surface area contributed by atoms with Gasteiger partial charge in [0, 0.05) is 25.0 Å². The van der Waals surface area contributed by atoms with Gasteiger partial charge in [-0.1, -0.05) is 33.6 Å². The van der Waals surface area contributed by atoms with Crippen molar-refractivity contribution in [3.05, 3.63) is 0 Å². The summed E-state index contributed by atoms with van der Waals surface area (Å²) >= 11 is 0. The van der Waals surface area contributed by atoms with Gasteiger partial charge >= 0.3 is 0 Å². The van der Waals surface area contributed by atoms with Crippen molar-refractivity contribution < 1.29 is 13.2 Å². The van der Waals surface area contributed by atoms with Crippen LogP contribution in [0.4, 0.5) is 0 Å². The Bertz CT molecular complexity index is 498. The molecule has 2 aliphatic rings. The summed E-state index contributed by atoms with van der Waals surface area (Å²) < 4.78 is 25.7. The largest absolute Gasteiger partial charge is 0.353 e. The molecule has 1 aliphatic heterocycles. The lowest BCUT2D eigenvalue weighted by Gasteiger charge is -2.36. The molecule has 1 aliphatic carbocycles. The Morgan fingerprint density at radius 3 is 2.39 bits per heavy atom. The van der Waals surface area contributed by atoms with Crippen LogP contribution in [0.25, 0.3) is 0 Å². The Balaban J connectivity index is 1.84.